The molecular weight excluding hydrogens is 346 g/mol. The molecule has 0 amide bonds. The number of hydrogen-bond acceptors (Lipinski definition) is 7. The molecule has 0 saturated carbocycles. The molecule has 0 unspecified atom stereocenters. The van der Waals surface area contributed by atoms with Gasteiger partial charge in [0.25, 0.3) is 0 Å². The standard InChI is InChI=1S/C20H21N3O4/c1-13(25)20-12-21-18-5-4-14(10-19(18)22-20)23(6-7-24)15-8-16(26-2)11-17(9-15)27-3/h4-5,8-12,24H,6-7H2,1-3H3. The van der Waals surface area contributed by atoms with Crippen molar-refractivity contribution in [2.24, 2.45) is 0 Å². The van der Waals surface area contributed by atoms with Crippen molar-refractivity contribution in [1.29, 1.82) is 0 Å². The Labute approximate surface area is 157 Å². The van der Waals surface area contributed by atoms with E-state index < -0.39 is 0 Å². The molecule has 0 aliphatic heterocycles. The van der Waals surface area contributed by atoms with Gasteiger partial charge in [-0.2, -0.15) is 0 Å². The molecular formula is C20H21N3O4. The summed E-state index contributed by atoms with van der Waals surface area (Å²) in [6, 6.07) is 11.1. The van der Waals surface area contributed by atoms with Crippen molar-refractivity contribution >= 4 is 28.2 Å². The Morgan fingerprint density at radius 2 is 1.74 bits per heavy atom. The van der Waals surface area contributed by atoms with Crippen LogP contribution in [-0.4, -0.2) is 48.2 Å². The maximum absolute atomic E-state index is 11.6. The third kappa shape index (κ3) is 3.98. The summed E-state index contributed by atoms with van der Waals surface area (Å²) in [6.07, 6.45) is 1.47. The average molecular weight is 367 g/mol. The van der Waals surface area contributed by atoms with E-state index in [0.717, 1.165) is 11.4 Å². The first kappa shape index (κ1) is 18.6. The second-order valence-corrected chi connectivity index (χ2v) is 5.93. The normalized spacial score (nSPS) is 10.7. The van der Waals surface area contributed by atoms with Crippen molar-refractivity contribution < 1.29 is 19.4 Å². The number of anilines is 2. The van der Waals surface area contributed by atoms with Crippen LogP contribution in [0, 0.1) is 0 Å². The van der Waals surface area contributed by atoms with Crippen LogP contribution in [0.5, 0.6) is 11.5 Å². The van der Waals surface area contributed by atoms with Crippen molar-refractivity contribution in [3.8, 4) is 11.5 Å². The lowest BCUT2D eigenvalue weighted by atomic mass is 10.2. The van der Waals surface area contributed by atoms with Crippen molar-refractivity contribution in [3.63, 3.8) is 0 Å². The molecule has 0 spiro atoms. The highest BCUT2D eigenvalue weighted by Crippen LogP contribution is 2.33. The minimum absolute atomic E-state index is 0.0449. The maximum Gasteiger partial charge on any atom is 0.179 e. The molecule has 3 rings (SSSR count). The van der Waals surface area contributed by atoms with Crippen LogP contribution in [0.2, 0.25) is 0 Å². The van der Waals surface area contributed by atoms with E-state index in [1.807, 2.05) is 35.2 Å². The number of Topliss-reactive ketones (excluding diaryl/α,β-unsaturated/α-hetero) is 1. The number of aliphatic hydroxyl groups is 1. The fraction of sp³-hybridized carbons (Fsp3) is 0.250. The number of ketones is 1. The summed E-state index contributed by atoms with van der Waals surface area (Å²) in [4.78, 5) is 22.2. The maximum atomic E-state index is 11.6. The smallest absolute Gasteiger partial charge is 0.179 e. The van der Waals surface area contributed by atoms with Gasteiger partial charge in [-0.25, -0.2) is 4.98 Å². The highest BCUT2D eigenvalue weighted by atomic mass is 16.5. The van der Waals surface area contributed by atoms with Crippen molar-refractivity contribution in [1.82, 2.24) is 9.97 Å². The number of benzene rings is 2. The number of fused-ring (bicyclic) bond motifs is 1. The minimum Gasteiger partial charge on any atom is -0.497 e. The number of rotatable bonds is 7. The largest absolute Gasteiger partial charge is 0.497 e. The average Bonchev–Trinajstić information content (AvgIpc) is 2.70. The first-order valence-corrected chi connectivity index (χ1v) is 8.45. The second-order valence-electron chi connectivity index (χ2n) is 5.93. The summed E-state index contributed by atoms with van der Waals surface area (Å²) in [5.74, 6) is 1.15. The van der Waals surface area contributed by atoms with Crippen LogP contribution in [0.1, 0.15) is 17.4 Å². The number of hydrogen-bond donors (Lipinski definition) is 1. The summed E-state index contributed by atoms with van der Waals surface area (Å²) in [7, 11) is 3.17. The van der Waals surface area contributed by atoms with Gasteiger partial charge in [-0.3, -0.25) is 9.78 Å². The summed E-state index contributed by atoms with van der Waals surface area (Å²) in [5.41, 5.74) is 3.22. The highest BCUT2D eigenvalue weighted by Gasteiger charge is 2.14. The molecule has 0 aliphatic rings. The van der Waals surface area contributed by atoms with Crippen molar-refractivity contribution in [2.75, 3.05) is 32.3 Å². The fourth-order valence-corrected chi connectivity index (χ4v) is 2.79. The van der Waals surface area contributed by atoms with Gasteiger partial charge in [-0.05, 0) is 18.2 Å². The summed E-state index contributed by atoms with van der Waals surface area (Å²) in [6.45, 7) is 1.78. The molecule has 3 aromatic rings. The molecule has 1 N–H and O–H groups in total. The van der Waals surface area contributed by atoms with Crippen LogP contribution in [0.4, 0.5) is 11.4 Å². The summed E-state index contributed by atoms with van der Waals surface area (Å²) in [5, 5.41) is 9.57. The van der Waals surface area contributed by atoms with Gasteiger partial charge in [0.05, 0.1) is 38.1 Å². The third-order valence-electron chi connectivity index (χ3n) is 4.17. The molecule has 27 heavy (non-hydrogen) atoms. The second kappa shape index (κ2) is 8.01. The van der Waals surface area contributed by atoms with Gasteiger partial charge >= 0.3 is 0 Å². The fourth-order valence-electron chi connectivity index (χ4n) is 2.79. The quantitative estimate of drug-likeness (QED) is 0.643. The predicted molar refractivity (Wildman–Crippen MR) is 103 cm³/mol. The number of nitrogens with zero attached hydrogens (tertiary/aromatic N) is 3. The van der Waals surface area contributed by atoms with Crippen LogP contribution >= 0.6 is 0 Å². The van der Waals surface area contributed by atoms with E-state index in [1.165, 1.54) is 13.1 Å². The van der Waals surface area contributed by atoms with E-state index in [-0.39, 0.29) is 12.4 Å². The molecule has 1 aromatic heterocycles. The lowest BCUT2D eigenvalue weighted by Gasteiger charge is -2.25. The predicted octanol–water partition coefficient (Wildman–Crippen LogP) is 2.98. The zero-order valence-electron chi connectivity index (χ0n) is 15.5. The Bertz CT molecular complexity index is 952. The number of carbonyl (C=O) groups is 1. The zero-order valence-corrected chi connectivity index (χ0v) is 15.5. The van der Waals surface area contributed by atoms with E-state index >= 15 is 0 Å². The van der Waals surface area contributed by atoms with E-state index in [2.05, 4.69) is 9.97 Å². The van der Waals surface area contributed by atoms with Crippen LogP contribution < -0.4 is 14.4 Å². The lowest BCUT2D eigenvalue weighted by molar-refractivity contribution is 0.101. The summed E-state index contributed by atoms with van der Waals surface area (Å²) < 4.78 is 10.7. The van der Waals surface area contributed by atoms with Crippen molar-refractivity contribution in [3.05, 3.63) is 48.3 Å². The Kier molecular flexibility index (Phi) is 5.52. The Morgan fingerprint density at radius 3 is 2.33 bits per heavy atom. The molecule has 1 heterocycles. The highest BCUT2D eigenvalue weighted by molar-refractivity contribution is 5.94. The molecule has 7 heteroatoms. The number of carbonyl (C=O) groups excluding carboxylic acids is 1. The number of methoxy groups -OCH3 is 2. The van der Waals surface area contributed by atoms with E-state index in [4.69, 9.17) is 9.47 Å². The molecule has 0 atom stereocenters. The third-order valence-corrected chi connectivity index (χ3v) is 4.17. The van der Waals surface area contributed by atoms with Gasteiger partial charge in [0.15, 0.2) is 5.78 Å². The first-order valence-electron chi connectivity index (χ1n) is 8.45. The molecule has 0 radical (unpaired) electrons. The zero-order chi connectivity index (χ0) is 19.4. The topological polar surface area (TPSA) is 84.8 Å². The van der Waals surface area contributed by atoms with Gasteiger partial charge in [0.2, 0.25) is 0 Å². The Balaban J connectivity index is 2.10. The SMILES string of the molecule is COc1cc(OC)cc(N(CCO)c2ccc3ncc(C(C)=O)nc3c2)c1. The molecule has 7 nitrogen and oxygen atoms in total. The number of ether oxygens (including phenoxy) is 2. The monoisotopic (exact) mass is 367 g/mol. The van der Waals surface area contributed by atoms with Gasteiger partial charge in [-0.15, -0.1) is 0 Å². The molecule has 140 valence electrons. The van der Waals surface area contributed by atoms with E-state index in [0.29, 0.717) is 34.8 Å². The van der Waals surface area contributed by atoms with E-state index in [1.54, 1.807) is 20.3 Å². The van der Waals surface area contributed by atoms with Gasteiger partial charge in [0.1, 0.15) is 17.2 Å². The van der Waals surface area contributed by atoms with Crippen LogP contribution in [-0.2, 0) is 0 Å². The van der Waals surface area contributed by atoms with Crippen LogP contribution in [0.25, 0.3) is 11.0 Å². The van der Waals surface area contributed by atoms with Gasteiger partial charge < -0.3 is 19.5 Å². The van der Waals surface area contributed by atoms with E-state index in [9.17, 15) is 9.90 Å². The molecule has 2 aromatic carbocycles. The van der Waals surface area contributed by atoms with Gasteiger partial charge in [0, 0.05) is 43.0 Å². The molecule has 0 saturated heterocycles. The summed E-state index contributed by atoms with van der Waals surface area (Å²) >= 11 is 0. The molecule has 0 aliphatic carbocycles. The van der Waals surface area contributed by atoms with Crippen LogP contribution in [0.15, 0.2) is 42.6 Å². The first-order chi connectivity index (χ1) is 13.0. The molecule has 0 fully saturated rings. The Hall–Kier alpha value is -3.19. The minimum atomic E-state index is -0.139. The Morgan fingerprint density at radius 1 is 1.04 bits per heavy atom. The number of aliphatic hydroxyl groups excluding tert-OH is 1. The van der Waals surface area contributed by atoms with Crippen LogP contribution in [0.3, 0.4) is 0 Å². The number of aromatic nitrogens is 2. The van der Waals surface area contributed by atoms with Crippen molar-refractivity contribution in [2.45, 2.75) is 6.92 Å². The lowest BCUT2D eigenvalue weighted by Crippen LogP contribution is -2.21. The van der Waals surface area contributed by atoms with Gasteiger partial charge in [-0.1, -0.05) is 0 Å². The molecule has 0 bridgehead atoms.